The zero-order valence-corrected chi connectivity index (χ0v) is 12.0. The van der Waals surface area contributed by atoms with Gasteiger partial charge in [0.05, 0.1) is 12.0 Å². The van der Waals surface area contributed by atoms with Crippen molar-refractivity contribution >= 4 is 16.1 Å². The van der Waals surface area contributed by atoms with Crippen LogP contribution in [0.15, 0.2) is 29.2 Å². The highest BCUT2D eigenvalue weighted by Gasteiger charge is 2.17. The van der Waals surface area contributed by atoms with Gasteiger partial charge in [-0.2, -0.15) is 0 Å². The predicted molar refractivity (Wildman–Crippen MR) is 71.6 cm³/mol. The molecule has 0 radical (unpaired) electrons. The molecular weight excluding hydrogens is 268 g/mol. The Morgan fingerprint density at radius 2 is 1.84 bits per heavy atom. The van der Waals surface area contributed by atoms with Crippen LogP contribution in [0.25, 0.3) is 0 Å². The molecule has 1 aromatic rings. The lowest BCUT2D eigenvalue weighted by atomic mass is 10.2. The molecule has 0 aliphatic carbocycles. The van der Waals surface area contributed by atoms with Crippen LogP contribution in [-0.2, 0) is 10.0 Å². The molecule has 1 rings (SSSR count). The van der Waals surface area contributed by atoms with Crippen molar-refractivity contribution in [2.75, 3.05) is 13.7 Å². The van der Waals surface area contributed by atoms with Gasteiger partial charge in [0.15, 0.2) is 0 Å². The van der Waals surface area contributed by atoms with E-state index in [9.17, 15) is 13.2 Å². The molecule has 0 fully saturated rings. The number of hydrogen-bond acceptors (Lipinski definition) is 4. The fraction of sp³-hybridized carbons (Fsp3) is 0.417. The molecule has 19 heavy (non-hydrogen) atoms. The SMILES string of the molecule is COc1ccc(S(=O)(=O)NC(=O)NCC(C)C)cc1. The van der Waals surface area contributed by atoms with Gasteiger partial charge in [0.1, 0.15) is 5.75 Å². The third-order valence-electron chi connectivity index (χ3n) is 2.27. The Labute approximate surface area is 113 Å². The predicted octanol–water partition coefficient (Wildman–Crippen LogP) is 1.34. The Bertz CT molecular complexity index is 523. The van der Waals surface area contributed by atoms with Crippen LogP contribution in [0.4, 0.5) is 4.79 Å². The quantitative estimate of drug-likeness (QED) is 0.855. The first-order valence-corrected chi connectivity index (χ1v) is 7.28. The minimum absolute atomic E-state index is 0.00740. The number of sulfonamides is 1. The highest BCUT2D eigenvalue weighted by Crippen LogP contribution is 2.15. The van der Waals surface area contributed by atoms with Crippen LogP contribution >= 0.6 is 0 Å². The van der Waals surface area contributed by atoms with Crippen LogP contribution in [-0.4, -0.2) is 28.1 Å². The molecule has 0 aromatic heterocycles. The Kier molecular flexibility index (Phi) is 5.17. The van der Waals surface area contributed by atoms with E-state index in [-0.39, 0.29) is 10.8 Å². The van der Waals surface area contributed by atoms with Gasteiger partial charge in [-0.05, 0) is 30.2 Å². The zero-order chi connectivity index (χ0) is 14.5. The molecule has 1 aromatic carbocycles. The van der Waals surface area contributed by atoms with Crippen molar-refractivity contribution in [2.45, 2.75) is 18.7 Å². The second-order valence-corrected chi connectivity index (χ2v) is 6.07. The summed E-state index contributed by atoms with van der Waals surface area (Å²) in [6, 6.07) is 5.04. The lowest BCUT2D eigenvalue weighted by Gasteiger charge is -2.10. The van der Waals surface area contributed by atoms with Gasteiger partial charge in [-0.25, -0.2) is 17.9 Å². The summed E-state index contributed by atoms with van der Waals surface area (Å²) in [7, 11) is -2.36. The monoisotopic (exact) mass is 286 g/mol. The first-order valence-electron chi connectivity index (χ1n) is 5.80. The minimum Gasteiger partial charge on any atom is -0.497 e. The maximum absolute atomic E-state index is 11.9. The summed E-state index contributed by atoms with van der Waals surface area (Å²) in [5.41, 5.74) is 0. The van der Waals surface area contributed by atoms with E-state index in [1.165, 1.54) is 31.4 Å². The van der Waals surface area contributed by atoms with Gasteiger partial charge in [0, 0.05) is 6.54 Å². The maximum Gasteiger partial charge on any atom is 0.328 e. The molecule has 0 aliphatic heterocycles. The summed E-state index contributed by atoms with van der Waals surface area (Å²) in [6.07, 6.45) is 0. The van der Waals surface area contributed by atoms with Crippen molar-refractivity contribution in [2.24, 2.45) is 5.92 Å². The van der Waals surface area contributed by atoms with Crippen LogP contribution < -0.4 is 14.8 Å². The molecule has 0 saturated heterocycles. The van der Waals surface area contributed by atoms with E-state index in [4.69, 9.17) is 4.74 Å². The van der Waals surface area contributed by atoms with Gasteiger partial charge >= 0.3 is 6.03 Å². The Hall–Kier alpha value is -1.76. The highest BCUT2D eigenvalue weighted by molar-refractivity contribution is 7.90. The van der Waals surface area contributed by atoms with Gasteiger partial charge in [0.25, 0.3) is 10.0 Å². The summed E-state index contributed by atoms with van der Waals surface area (Å²) in [5.74, 6) is 0.789. The molecule has 0 saturated carbocycles. The van der Waals surface area contributed by atoms with Gasteiger partial charge < -0.3 is 10.1 Å². The Morgan fingerprint density at radius 1 is 1.26 bits per heavy atom. The van der Waals surface area contributed by atoms with E-state index in [1.54, 1.807) is 0 Å². The summed E-state index contributed by atoms with van der Waals surface area (Å²) in [4.78, 5) is 11.4. The molecular formula is C12H18N2O4S. The second kappa shape index (κ2) is 6.42. The molecule has 0 bridgehead atoms. The summed E-state index contributed by atoms with van der Waals surface area (Å²) < 4.78 is 30.6. The van der Waals surface area contributed by atoms with Crippen LogP contribution in [0.1, 0.15) is 13.8 Å². The number of rotatable bonds is 5. The van der Waals surface area contributed by atoms with E-state index < -0.39 is 16.1 Å². The molecule has 2 N–H and O–H groups in total. The normalized spacial score (nSPS) is 11.2. The smallest absolute Gasteiger partial charge is 0.328 e. The van der Waals surface area contributed by atoms with Crippen molar-refractivity contribution in [3.05, 3.63) is 24.3 Å². The molecule has 106 valence electrons. The van der Waals surface area contributed by atoms with Gasteiger partial charge in [-0.1, -0.05) is 13.8 Å². The number of methoxy groups -OCH3 is 1. The van der Waals surface area contributed by atoms with Crippen LogP contribution in [0, 0.1) is 5.92 Å². The number of carbonyl (C=O) groups excluding carboxylic acids is 1. The van der Waals surface area contributed by atoms with E-state index in [0.29, 0.717) is 12.3 Å². The minimum atomic E-state index is -3.85. The Morgan fingerprint density at radius 3 is 2.32 bits per heavy atom. The van der Waals surface area contributed by atoms with Crippen molar-refractivity contribution in [1.82, 2.24) is 10.0 Å². The lowest BCUT2D eigenvalue weighted by Crippen LogP contribution is -2.40. The summed E-state index contributed by atoms with van der Waals surface area (Å²) in [6.45, 7) is 4.24. The fourth-order valence-corrected chi connectivity index (χ4v) is 2.20. The standard InChI is InChI=1S/C12H18N2O4S/c1-9(2)8-13-12(15)14-19(16,17)11-6-4-10(18-3)5-7-11/h4-7,9H,8H2,1-3H3,(H2,13,14,15). The molecule has 0 aliphatic rings. The molecule has 0 spiro atoms. The van der Waals surface area contributed by atoms with Crippen molar-refractivity contribution in [3.63, 3.8) is 0 Å². The van der Waals surface area contributed by atoms with Gasteiger partial charge in [-0.3, -0.25) is 0 Å². The molecule has 2 amide bonds. The largest absolute Gasteiger partial charge is 0.497 e. The number of ether oxygens (including phenoxy) is 1. The molecule has 6 nitrogen and oxygen atoms in total. The summed E-state index contributed by atoms with van der Waals surface area (Å²) >= 11 is 0. The number of carbonyl (C=O) groups is 1. The Balaban J connectivity index is 2.72. The summed E-state index contributed by atoms with van der Waals surface area (Å²) in [5, 5.41) is 2.48. The topological polar surface area (TPSA) is 84.5 Å². The highest BCUT2D eigenvalue weighted by atomic mass is 32.2. The van der Waals surface area contributed by atoms with Crippen LogP contribution in [0.3, 0.4) is 0 Å². The third-order valence-corrected chi connectivity index (χ3v) is 3.61. The first-order chi connectivity index (χ1) is 8.85. The van der Waals surface area contributed by atoms with Crippen molar-refractivity contribution in [3.8, 4) is 5.75 Å². The molecule has 0 unspecified atom stereocenters. The first kappa shape index (κ1) is 15.3. The maximum atomic E-state index is 11.9. The second-order valence-electron chi connectivity index (χ2n) is 4.38. The zero-order valence-electron chi connectivity index (χ0n) is 11.1. The number of urea groups is 1. The number of nitrogens with one attached hydrogen (secondary N) is 2. The number of hydrogen-bond donors (Lipinski definition) is 2. The van der Waals surface area contributed by atoms with Crippen LogP contribution in [0.2, 0.25) is 0 Å². The van der Waals surface area contributed by atoms with Crippen molar-refractivity contribution < 1.29 is 17.9 Å². The van der Waals surface area contributed by atoms with Gasteiger partial charge in [-0.15, -0.1) is 0 Å². The van der Waals surface area contributed by atoms with Gasteiger partial charge in [0.2, 0.25) is 0 Å². The number of amides is 2. The van der Waals surface area contributed by atoms with E-state index >= 15 is 0 Å². The average Bonchev–Trinajstić information content (AvgIpc) is 2.36. The molecule has 0 atom stereocenters. The van der Waals surface area contributed by atoms with E-state index in [1.807, 2.05) is 18.6 Å². The molecule has 0 heterocycles. The van der Waals surface area contributed by atoms with E-state index in [0.717, 1.165) is 0 Å². The third kappa shape index (κ3) is 4.78. The molecule has 7 heteroatoms. The van der Waals surface area contributed by atoms with Crippen molar-refractivity contribution in [1.29, 1.82) is 0 Å². The van der Waals surface area contributed by atoms with Crippen LogP contribution in [0.5, 0.6) is 5.75 Å². The number of benzene rings is 1. The van der Waals surface area contributed by atoms with E-state index in [2.05, 4.69) is 5.32 Å². The lowest BCUT2D eigenvalue weighted by molar-refractivity contribution is 0.244. The average molecular weight is 286 g/mol. The fourth-order valence-electron chi connectivity index (χ4n) is 1.27.